The number of hydrogen-bond acceptors (Lipinski definition) is 4. The molecule has 0 aliphatic heterocycles. The van der Waals surface area contributed by atoms with Crippen LogP contribution in [0, 0.1) is 0 Å². The van der Waals surface area contributed by atoms with Gasteiger partial charge in [-0.1, -0.05) is 6.92 Å². The zero-order valence-electron chi connectivity index (χ0n) is 12.2. The molecular weight excluding hydrogens is 258 g/mol. The van der Waals surface area contributed by atoms with Crippen molar-refractivity contribution in [2.75, 3.05) is 19.7 Å². The molecule has 20 heavy (non-hydrogen) atoms. The number of aromatic nitrogens is 2. The topological polar surface area (TPSA) is 64.4 Å². The molecule has 0 radical (unpaired) electrons. The number of nitrogens with zero attached hydrogens (tertiary/aromatic N) is 3. The van der Waals surface area contributed by atoms with Crippen molar-refractivity contribution in [3.63, 3.8) is 0 Å². The Kier molecular flexibility index (Phi) is 6.49. The van der Waals surface area contributed by atoms with E-state index in [0.29, 0.717) is 13.2 Å². The largest absolute Gasteiger partial charge is 0.465 e. The first kappa shape index (κ1) is 15.9. The fourth-order valence-corrected chi connectivity index (χ4v) is 1.71. The van der Waals surface area contributed by atoms with Gasteiger partial charge in [0.2, 0.25) is 5.91 Å². The minimum atomic E-state index is -0.386. The van der Waals surface area contributed by atoms with Crippen LogP contribution in [0.5, 0.6) is 0 Å². The first-order valence-electron chi connectivity index (χ1n) is 6.69. The van der Waals surface area contributed by atoms with Crippen molar-refractivity contribution in [3.05, 3.63) is 24.0 Å². The third kappa shape index (κ3) is 4.87. The predicted molar refractivity (Wildman–Crippen MR) is 75.7 cm³/mol. The van der Waals surface area contributed by atoms with Gasteiger partial charge in [0.05, 0.1) is 12.3 Å². The SMILES string of the molecule is CCCN(CC(=O)OCC)C(=O)/C=C/c1ccnn1C. The van der Waals surface area contributed by atoms with Gasteiger partial charge in [0.25, 0.3) is 0 Å². The molecule has 0 aliphatic carbocycles. The molecule has 1 rings (SSSR count). The normalized spacial score (nSPS) is 10.8. The van der Waals surface area contributed by atoms with Crippen molar-refractivity contribution in [1.29, 1.82) is 0 Å². The van der Waals surface area contributed by atoms with E-state index in [-0.39, 0.29) is 18.4 Å². The van der Waals surface area contributed by atoms with Gasteiger partial charge >= 0.3 is 5.97 Å². The van der Waals surface area contributed by atoms with Gasteiger partial charge in [0.15, 0.2) is 0 Å². The van der Waals surface area contributed by atoms with Crippen molar-refractivity contribution in [1.82, 2.24) is 14.7 Å². The number of ether oxygens (including phenoxy) is 1. The maximum Gasteiger partial charge on any atom is 0.325 e. The lowest BCUT2D eigenvalue weighted by atomic mass is 10.3. The van der Waals surface area contributed by atoms with Crippen LogP contribution in [0.4, 0.5) is 0 Å². The Hall–Kier alpha value is -2.11. The fourth-order valence-electron chi connectivity index (χ4n) is 1.71. The zero-order chi connectivity index (χ0) is 15.0. The first-order chi connectivity index (χ1) is 9.58. The fraction of sp³-hybridized carbons (Fsp3) is 0.500. The van der Waals surface area contributed by atoms with Crippen LogP contribution in [-0.4, -0.2) is 46.3 Å². The van der Waals surface area contributed by atoms with Crippen molar-refractivity contribution < 1.29 is 14.3 Å². The maximum atomic E-state index is 12.1. The second kappa shape index (κ2) is 8.14. The molecule has 0 saturated carbocycles. The van der Waals surface area contributed by atoms with Gasteiger partial charge in [-0.2, -0.15) is 5.10 Å². The first-order valence-corrected chi connectivity index (χ1v) is 6.69. The molecule has 0 unspecified atom stereocenters. The number of hydrogen-bond donors (Lipinski definition) is 0. The van der Waals surface area contributed by atoms with Crippen molar-refractivity contribution in [3.8, 4) is 0 Å². The lowest BCUT2D eigenvalue weighted by Gasteiger charge is -2.19. The summed E-state index contributed by atoms with van der Waals surface area (Å²) in [6.45, 7) is 4.52. The Balaban J connectivity index is 2.66. The molecule has 1 amide bonds. The third-order valence-electron chi connectivity index (χ3n) is 2.69. The number of amides is 1. The van der Waals surface area contributed by atoms with Crippen LogP contribution in [0.2, 0.25) is 0 Å². The molecule has 0 atom stereocenters. The van der Waals surface area contributed by atoms with Crippen LogP contribution < -0.4 is 0 Å². The van der Waals surface area contributed by atoms with Gasteiger partial charge in [0, 0.05) is 25.9 Å². The molecule has 0 saturated heterocycles. The molecule has 0 aromatic carbocycles. The molecule has 6 nitrogen and oxygen atoms in total. The second-order valence-electron chi connectivity index (χ2n) is 4.28. The van der Waals surface area contributed by atoms with Gasteiger partial charge in [-0.15, -0.1) is 0 Å². The molecular formula is C14H21N3O3. The van der Waals surface area contributed by atoms with E-state index < -0.39 is 0 Å². The van der Waals surface area contributed by atoms with Gasteiger partial charge in [-0.3, -0.25) is 14.3 Å². The highest BCUT2D eigenvalue weighted by molar-refractivity contribution is 5.93. The van der Waals surface area contributed by atoms with Gasteiger partial charge in [-0.05, 0) is 25.5 Å². The summed E-state index contributed by atoms with van der Waals surface area (Å²) >= 11 is 0. The van der Waals surface area contributed by atoms with Gasteiger partial charge in [-0.25, -0.2) is 0 Å². The van der Waals surface area contributed by atoms with E-state index in [9.17, 15) is 9.59 Å². The van der Waals surface area contributed by atoms with E-state index in [1.165, 1.54) is 11.0 Å². The molecule has 0 N–H and O–H groups in total. The Bertz CT molecular complexity index is 480. The van der Waals surface area contributed by atoms with Crippen LogP contribution in [0.1, 0.15) is 26.0 Å². The van der Waals surface area contributed by atoms with Crippen LogP contribution in [0.25, 0.3) is 6.08 Å². The summed E-state index contributed by atoms with van der Waals surface area (Å²) in [5, 5.41) is 4.01. The molecule has 1 aromatic heterocycles. The summed E-state index contributed by atoms with van der Waals surface area (Å²) in [6, 6.07) is 1.80. The summed E-state index contributed by atoms with van der Waals surface area (Å²) in [5.41, 5.74) is 0.825. The van der Waals surface area contributed by atoms with Crippen LogP contribution >= 0.6 is 0 Å². The van der Waals surface area contributed by atoms with E-state index in [1.54, 1.807) is 37.0 Å². The predicted octanol–water partition coefficient (Wildman–Crippen LogP) is 1.23. The molecule has 0 fully saturated rings. The van der Waals surface area contributed by atoms with E-state index in [0.717, 1.165) is 12.1 Å². The molecule has 0 aliphatic rings. The molecule has 1 heterocycles. The Labute approximate surface area is 119 Å². The van der Waals surface area contributed by atoms with E-state index in [4.69, 9.17) is 4.74 Å². The Morgan fingerprint density at radius 3 is 2.75 bits per heavy atom. The highest BCUT2D eigenvalue weighted by Crippen LogP contribution is 2.02. The average molecular weight is 279 g/mol. The number of aryl methyl sites for hydroxylation is 1. The number of esters is 1. The highest BCUT2D eigenvalue weighted by Gasteiger charge is 2.14. The minimum absolute atomic E-state index is 0.0176. The zero-order valence-corrected chi connectivity index (χ0v) is 12.2. The van der Waals surface area contributed by atoms with Crippen LogP contribution in [-0.2, 0) is 21.4 Å². The molecule has 1 aromatic rings. The second-order valence-corrected chi connectivity index (χ2v) is 4.28. The Morgan fingerprint density at radius 1 is 1.45 bits per heavy atom. The van der Waals surface area contributed by atoms with E-state index in [2.05, 4.69) is 5.10 Å². The smallest absolute Gasteiger partial charge is 0.325 e. The minimum Gasteiger partial charge on any atom is -0.465 e. The summed E-state index contributed by atoms with van der Waals surface area (Å²) in [4.78, 5) is 25.0. The van der Waals surface area contributed by atoms with Crippen LogP contribution in [0.15, 0.2) is 18.3 Å². The standard InChI is InChI=1S/C14H21N3O3/c1-4-10-17(11-14(19)20-5-2)13(18)7-6-12-8-9-15-16(12)3/h6-9H,4-5,10-11H2,1-3H3/b7-6+. The van der Waals surface area contributed by atoms with E-state index in [1.807, 2.05) is 6.92 Å². The summed E-state index contributed by atoms with van der Waals surface area (Å²) < 4.78 is 6.53. The van der Waals surface area contributed by atoms with Gasteiger partial charge in [0.1, 0.15) is 6.54 Å². The number of carbonyl (C=O) groups excluding carboxylic acids is 2. The van der Waals surface area contributed by atoms with Crippen LogP contribution in [0.3, 0.4) is 0 Å². The maximum absolute atomic E-state index is 12.1. The third-order valence-corrected chi connectivity index (χ3v) is 2.69. The number of carbonyl (C=O) groups is 2. The molecule has 6 heteroatoms. The van der Waals surface area contributed by atoms with Crippen molar-refractivity contribution in [2.45, 2.75) is 20.3 Å². The van der Waals surface area contributed by atoms with E-state index >= 15 is 0 Å². The highest BCUT2D eigenvalue weighted by atomic mass is 16.5. The average Bonchev–Trinajstić information content (AvgIpc) is 2.81. The lowest BCUT2D eigenvalue weighted by Crippen LogP contribution is -2.36. The number of rotatable bonds is 7. The summed E-state index contributed by atoms with van der Waals surface area (Å²) in [7, 11) is 1.80. The Morgan fingerprint density at radius 2 is 2.20 bits per heavy atom. The monoisotopic (exact) mass is 279 g/mol. The summed E-state index contributed by atoms with van der Waals surface area (Å²) in [6.07, 6.45) is 5.58. The quantitative estimate of drug-likeness (QED) is 0.556. The van der Waals surface area contributed by atoms with Crippen molar-refractivity contribution in [2.24, 2.45) is 7.05 Å². The molecule has 0 spiro atoms. The van der Waals surface area contributed by atoms with Gasteiger partial charge < -0.3 is 9.64 Å². The summed E-state index contributed by atoms with van der Waals surface area (Å²) in [5.74, 6) is -0.593. The molecule has 110 valence electrons. The molecule has 0 bridgehead atoms. The van der Waals surface area contributed by atoms with Crippen molar-refractivity contribution >= 4 is 18.0 Å². The lowest BCUT2D eigenvalue weighted by molar-refractivity contribution is -0.147.